The molecule has 4 heteroatoms. The molecule has 0 bridgehead atoms. The monoisotopic (exact) mass is 314 g/mol. The molecule has 1 aliphatic rings. The van der Waals surface area contributed by atoms with Crippen molar-refractivity contribution >= 4 is 28.7 Å². The number of carbonyl (C=O) groups excluding carboxylic acids is 1. The standard InChI is InChI=1S/C16H23ClO2S/c1-10(2)12-5-4-11(3)8-14(12)19-9-13(18)15-6-7-16(17)20-15/h6-7,10-12,14H,4-5,8-9H2,1-3H3. The van der Waals surface area contributed by atoms with Crippen molar-refractivity contribution in [1.82, 2.24) is 0 Å². The molecule has 1 aliphatic carbocycles. The first-order chi connectivity index (χ1) is 9.47. The molecule has 0 spiro atoms. The molecule has 1 aromatic rings. The van der Waals surface area contributed by atoms with Gasteiger partial charge in [0, 0.05) is 0 Å². The molecule has 0 N–H and O–H groups in total. The van der Waals surface area contributed by atoms with Gasteiger partial charge in [-0.3, -0.25) is 4.79 Å². The van der Waals surface area contributed by atoms with Crippen LogP contribution in [0.1, 0.15) is 49.7 Å². The minimum absolute atomic E-state index is 0.0441. The highest BCUT2D eigenvalue weighted by molar-refractivity contribution is 7.18. The van der Waals surface area contributed by atoms with Crippen LogP contribution in [-0.4, -0.2) is 18.5 Å². The van der Waals surface area contributed by atoms with E-state index in [1.54, 1.807) is 12.1 Å². The van der Waals surface area contributed by atoms with Gasteiger partial charge in [-0.1, -0.05) is 38.8 Å². The van der Waals surface area contributed by atoms with E-state index in [2.05, 4.69) is 20.8 Å². The number of halogens is 1. The zero-order valence-electron chi connectivity index (χ0n) is 12.4. The summed E-state index contributed by atoms with van der Waals surface area (Å²) < 4.78 is 6.62. The fourth-order valence-corrected chi connectivity index (χ4v) is 3.99. The van der Waals surface area contributed by atoms with E-state index < -0.39 is 0 Å². The average Bonchev–Trinajstić information content (AvgIpc) is 2.82. The summed E-state index contributed by atoms with van der Waals surface area (Å²) in [5.41, 5.74) is 0. The topological polar surface area (TPSA) is 26.3 Å². The number of thiophene rings is 1. The molecular weight excluding hydrogens is 292 g/mol. The largest absolute Gasteiger partial charge is 0.370 e. The van der Waals surface area contributed by atoms with E-state index in [9.17, 15) is 4.79 Å². The molecule has 0 radical (unpaired) electrons. The summed E-state index contributed by atoms with van der Waals surface area (Å²) in [4.78, 5) is 12.8. The van der Waals surface area contributed by atoms with Gasteiger partial charge in [0.25, 0.3) is 0 Å². The van der Waals surface area contributed by atoms with Crippen molar-refractivity contribution in [3.05, 3.63) is 21.3 Å². The molecule has 0 aromatic carbocycles. The highest BCUT2D eigenvalue weighted by atomic mass is 35.5. The Morgan fingerprint density at radius 3 is 2.80 bits per heavy atom. The molecule has 1 fully saturated rings. The van der Waals surface area contributed by atoms with Gasteiger partial charge in [0.2, 0.25) is 0 Å². The molecule has 1 heterocycles. The third-order valence-corrected chi connectivity index (χ3v) is 5.51. The van der Waals surface area contributed by atoms with E-state index in [4.69, 9.17) is 16.3 Å². The zero-order chi connectivity index (χ0) is 14.7. The summed E-state index contributed by atoms with van der Waals surface area (Å²) in [6, 6.07) is 3.54. The van der Waals surface area contributed by atoms with Crippen molar-refractivity contribution in [3.8, 4) is 0 Å². The van der Waals surface area contributed by atoms with Crippen molar-refractivity contribution in [2.75, 3.05) is 6.61 Å². The highest BCUT2D eigenvalue weighted by Crippen LogP contribution is 2.35. The molecule has 3 unspecified atom stereocenters. The summed E-state index contributed by atoms with van der Waals surface area (Å²) in [6.07, 6.45) is 3.78. The van der Waals surface area contributed by atoms with Crippen molar-refractivity contribution in [1.29, 1.82) is 0 Å². The molecular formula is C16H23ClO2S. The first-order valence-electron chi connectivity index (χ1n) is 7.37. The van der Waals surface area contributed by atoms with Crippen LogP contribution in [0.4, 0.5) is 0 Å². The molecule has 20 heavy (non-hydrogen) atoms. The molecule has 3 atom stereocenters. The van der Waals surface area contributed by atoms with Crippen LogP contribution >= 0.6 is 22.9 Å². The fraction of sp³-hybridized carbons (Fsp3) is 0.688. The molecule has 2 rings (SSSR count). The third kappa shape index (κ3) is 4.06. The SMILES string of the molecule is CC1CCC(C(C)C)C(OCC(=O)c2ccc(Cl)s2)C1. The highest BCUT2D eigenvalue weighted by Gasteiger charge is 2.31. The molecule has 0 amide bonds. The number of ether oxygens (including phenoxy) is 1. The van der Waals surface area contributed by atoms with E-state index in [-0.39, 0.29) is 18.5 Å². The molecule has 1 saturated carbocycles. The minimum Gasteiger partial charge on any atom is -0.370 e. The van der Waals surface area contributed by atoms with Crippen LogP contribution in [0, 0.1) is 17.8 Å². The second-order valence-electron chi connectivity index (χ2n) is 6.20. The fourth-order valence-electron chi connectivity index (χ4n) is 3.02. The summed E-state index contributed by atoms with van der Waals surface area (Å²) in [6.45, 7) is 6.95. The molecule has 0 aliphatic heterocycles. The van der Waals surface area contributed by atoms with Crippen LogP contribution in [-0.2, 0) is 4.74 Å². The van der Waals surface area contributed by atoms with Crippen LogP contribution in [0.3, 0.4) is 0 Å². The van der Waals surface area contributed by atoms with Gasteiger partial charge < -0.3 is 4.74 Å². The first-order valence-corrected chi connectivity index (χ1v) is 8.57. The van der Waals surface area contributed by atoms with Gasteiger partial charge >= 0.3 is 0 Å². The van der Waals surface area contributed by atoms with Gasteiger partial charge in [-0.05, 0) is 42.7 Å². The molecule has 1 aromatic heterocycles. The Morgan fingerprint density at radius 2 is 2.20 bits per heavy atom. The number of Topliss-reactive ketones (excluding diaryl/α,β-unsaturated/α-hetero) is 1. The van der Waals surface area contributed by atoms with Gasteiger partial charge in [-0.25, -0.2) is 0 Å². The first kappa shape index (κ1) is 16.0. The normalized spacial score (nSPS) is 26.9. The summed E-state index contributed by atoms with van der Waals surface area (Å²) >= 11 is 7.19. The predicted molar refractivity (Wildman–Crippen MR) is 84.7 cm³/mol. The van der Waals surface area contributed by atoms with Crippen LogP contribution < -0.4 is 0 Å². The summed E-state index contributed by atoms with van der Waals surface area (Å²) in [5.74, 6) is 1.92. The second kappa shape index (κ2) is 7.06. The Kier molecular flexibility index (Phi) is 5.65. The van der Waals surface area contributed by atoms with Crippen LogP contribution in [0.25, 0.3) is 0 Å². The smallest absolute Gasteiger partial charge is 0.198 e. The molecule has 0 saturated heterocycles. The van der Waals surface area contributed by atoms with E-state index in [1.807, 2.05) is 0 Å². The lowest BCUT2D eigenvalue weighted by atomic mass is 9.75. The van der Waals surface area contributed by atoms with E-state index in [1.165, 1.54) is 24.2 Å². The minimum atomic E-state index is 0.0441. The van der Waals surface area contributed by atoms with Crippen LogP contribution in [0.5, 0.6) is 0 Å². The summed E-state index contributed by atoms with van der Waals surface area (Å²) in [7, 11) is 0. The number of hydrogen-bond donors (Lipinski definition) is 0. The van der Waals surface area contributed by atoms with E-state index >= 15 is 0 Å². The van der Waals surface area contributed by atoms with Gasteiger partial charge in [0.1, 0.15) is 6.61 Å². The Hall–Kier alpha value is -0.380. The van der Waals surface area contributed by atoms with Gasteiger partial charge in [-0.2, -0.15) is 0 Å². The Bertz CT molecular complexity index is 455. The number of ketones is 1. The Morgan fingerprint density at radius 1 is 1.45 bits per heavy atom. The lowest BCUT2D eigenvalue weighted by Crippen LogP contribution is -2.35. The van der Waals surface area contributed by atoms with Gasteiger partial charge in [0.15, 0.2) is 5.78 Å². The quantitative estimate of drug-likeness (QED) is 0.710. The Balaban J connectivity index is 1.92. The van der Waals surface area contributed by atoms with Crippen molar-refractivity contribution < 1.29 is 9.53 Å². The van der Waals surface area contributed by atoms with Gasteiger partial charge in [-0.15, -0.1) is 11.3 Å². The summed E-state index contributed by atoms with van der Waals surface area (Å²) in [5, 5.41) is 0. The molecule has 2 nitrogen and oxygen atoms in total. The lowest BCUT2D eigenvalue weighted by Gasteiger charge is -2.37. The maximum Gasteiger partial charge on any atom is 0.198 e. The van der Waals surface area contributed by atoms with E-state index in [0.29, 0.717) is 27.0 Å². The maximum atomic E-state index is 12.1. The predicted octanol–water partition coefficient (Wildman–Crippen LogP) is 5.06. The molecule has 112 valence electrons. The third-order valence-electron chi connectivity index (χ3n) is 4.24. The van der Waals surface area contributed by atoms with Crippen molar-refractivity contribution in [3.63, 3.8) is 0 Å². The average molecular weight is 315 g/mol. The van der Waals surface area contributed by atoms with Gasteiger partial charge in [0.05, 0.1) is 15.3 Å². The maximum absolute atomic E-state index is 12.1. The number of carbonyl (C=O) groups is 1. The van der Waals surface area contributed by atoms with Crippen LogP contribution in [0.15, 0.2) is 12.1 Å². The Labute approximate surface area is 130 Å². The number of rotatable bonds is 5. The zero-order valence-corrected chi connectivity index (χ0v) is 14.0. The van der Waals surface area contributed by atoms with Crippen molar-refractivity contribution in [2.45, 2.75) is 46.1 Å². The van der Waals surface area contributed by atoms with E-state index in [0.717, 1.165) is 6.42 Å². The van der Waals surface area contributed by atoms with Crippen LogP contribution in [0.2, 0.25) is 4.34 Å². The lowest BCUT2D eigenvalue weighted by molar-refractivity contribution is -0.0308. The second-order valence-corrected chi connectivity index (χ2v) is 7.92. The van der Waals surface area contributed by atoms with Crippen molar-refractivity contribution in [2.24, 2.45) is 17.8 Å². The number of hydrogen-bond acceptors (Lipinski definition) is 3.